The summed E-state index contributed by atoms with van der Waals surface area (Å²) in [6.07, 6.45) is 3.07. The van der Waals surface area contributed by atoms with Gasteiger partial charge in [-0.1, -0.05) is 43.7 Å². The zero-order valence-electron chi connectivity index (χ0n) is 18.1. The van der Waals surface area contributed by atoms with Crippen LogP contribution in [0.25, 0.3) is 0 Å². The quantitative estimate of drug-likeness (QED) is 0.672. The first-order valence-corrected chi connectivity index (χ1v) is 10.3. The largest absolute Gasteiger partial charge is 0.378 e. The summed E-state index contributed by atoms with van der Waals surface area (Å²) < 4.78 is 5.76. The predicted octanol–water partition coefficient (Wildman–Crippen LogP) is 3.62. The Kier molecular flexibility index (Phi) is 9.44. The van der Waals surface area contributed by atoms with E-state index in [1.54, 1.807) is 0 Å². The van der Waals surface area contributed by atoms with Gasteiger partial charge in [0.1, 0.15) is 5.54 Å². The first-order valence-electron chi connectivity index (χ1n) is 10.3. The summed E-state index contributed by atoms with van der Waals surface area (Å²) in [7, 11) is 0. The van der Waals surface area contributed by atoms with E-state index < -0.39 is 5.54 Å². The van der Waals surface area contributed by atoms with Crippen molar-refractivity contribution >= 4 is 30.7 Å². The molecule has 0 aromatic heterocycles. The lowest BCUT2D eigenvalue weighted by Gasteiger charge is -2.57. The number of likely N-dealkylation sites (tertiary alicyclic amines) is 1. The Morgan fingerprint density at radius 2 is 1.83 bits per heavy atom. The first-order chi connectivity index (χ1) is 12.8. The topological polar surface area (TPSA) is 67.6 Å². The van der Waals surface area contributed by atoms with Crippen molar-refractivity contribution in [2.24, 2.45) is 11.1 Å². The molecule has 7 heteroatoms. The molecule has 5 nitrogen and oxygen atoms in total. The third-order valence-corrected chi connectivity index (χ3v) is 6.73. The molecule has 29 heavy (non-hydrogen) atoms. The maximum Gasteiger partial charge on any atom is 0.240 e. The maximum absolute atomic E-state index is 13.0. The average Bonchev–Trinajstić information content (AvgIpc) is 3.17. The van der Waals surface area contributed by atoms with Crippen LogP contribution in [-0.2, 0) is 9.53 Å². The molecule has 0 radical (unpaired) electrons. The Bertz CT molecular complexity index is 663. The van der Waals surface area contributed by atoms with E-state index in [2.05, 4.69) is 41.4 Å². The minimum Gasteiger partial charge on any atom is -0.378 e. The third-order valence-electron chi connectivity index (χ3n) is 6.73. The van der Waals surface area contributed by atoms with Gasteiger partial charge in [-0.3, -0.25) is 9.69 Å². The lowest BCUT2D eigenvalue weighted by atomic mass is 9.54. The Morgan fingerprint density at radius 1 is 1.24 bits per heavy atom. The molecule has 1 aromatic carbocycles. The average molecular weight is 446 g/mol. The van der Waals surface area contributed by atoms with Crippen molar-refractivity contribution < 1.29 is 9.53 Å². The lowest BCUT2D eigenvalue weighted by molar-refractivity contribution is -0.170. The second-order valence-electron chi connectivity index (χ2n) is 8.72. The summed E-state index contributed by atoms with van der Waals surface area (Å²) in [6, 6.07) is 8.85. The molecule has 1 saturated heterocycles. The molecule has 1 aliphatic carbocycles. The number of benzene rings is 1. The van der Waals surface area contributed by atoms with E-state index in [4.69, 9.17) is 10.5 Å². The van der Waals surface area contributed by atoms with Crippen molar-refractivity contribution in [3.63, 3.8) is 0 Å². The zero-order valence-corrected chi connectivity index (χ0v) is 19.7. The molecule has 1 amide bonds. The minimum absolute atomic E-state index is 0. The number of nitrogens with two attached hydrogens (primary N) is 1. The van der Waals surface area contributed by atoms with Crippen LogP contribution in [0.1, 0.15) is 57.2 Å². The SMILES string of the molecule is CCOC1CC(N)(C(=O)NCC(c2ccc(C)cc2)N2CCCC2)C1(C)C.Cl.Cl. The fourth-order valence-corrected chi connectivity index (χ4v) is 4.47. The molecule has 0 bridgehead atoms. The highest BCUT2D eigenvalue weighted by molar-refractivity contribution is 5.88. The van der Waals surface area contributed by atoms with Crippen LogP contribution in [-0.4, -0.2) is 48.7 Å². The van der Waals surface area contributed by atoms with Gasteiger partial charge in [-0.25, -0.2) is 0 Å². The molecule has 1 aromatic rings. The highest BCUT2D eigenvalue weighted by Gasteiger charge is 2.62. The minimum atomic E-state index is -0.865. The normalized spacial score (nSPS) is 26.6. The number of amides is 1. The summed E-state index contributed by atoms with van der Waals surface area (Å²) in [5, 5.41) is 3.17. The second kappa shape index (κ2) is 10.5. The Morgan fingerprint density at radius 3 is 2.34 bits per heavy atom. The van der Waals surface area contributed by atoms with E-state index in [0.717, 1.165) is 13.1 Å². The van der Waals surface area contributed by atoms with Crippen LogP contribution < -0.4 is 11.1 Å². The number of aryl methyl sites for hydroxylation is 1. The summed E-state index contributed by atoms with van der Waals surface area (Å²) in [6.45, 7) is 11.6. The zero-order chi connectivity index (χ0) is 19.7. The highest BCUT2D eigenvalue weighted by Crippen LogP contribution is 2.49. The summed E-state index contributed by atoms with van der Waals surface area (Å²) in [5.74, 6) is -0.0558. The van der Waals surface area contributed by atoms with E-state index in [9.17, 15) is 4.79 Å². The molecule has 3 rings (SSSR count). The van der Waals surface area contributed by atoms with Crippen LogP contribution in [0.2, 0.25) is 0 Å². The van der Waals surface area contributed by atoms with E-state index in [-0.39, 0.29) is 48.3 Å². The number of hydrogen-bond donors (Lipinski definition) is 2. The van der Waals surface area contributed by atoms with Crippen LogP contribution in [0, 0.1) is 12.3 Å². The second-order valence-corrected chi connectivity index (χ2v) is 8.72. The summed E-state index contributed by atoms with van der Waals surface area (Å²) in [5.41, 5.74) is 7.82. The fraction of sp³-hybridized carbons (Fsp3) is 0.682. The maximum atomic E-state index is 13.0. The summed E-state index contributed by atoms with van der Waals surface area (Å²) >= 11 is 0. The van der Waals surface area contributed by atoms with Gasteiger partial charge in [-0.15, -0.1) is 24.8 Å². The van der Waals surface area contributed by atoms with Crippen molar-refractivity contribution in [1.29, 1.82) is 0 Å². The predicted molar refractivity (Wildman–Crippen MR) is 123 cm³/mol. The van der Waals surface area contributed by atoms with Crippen LogP contribution in [0.15, 0.2) is 24.3 Å². The van der Waals surface area contributed by atoms with E-state index in [1.165, 1.54) is 24.0 Å². The van der Waals surface area contributed by atoms with Gasteiger partial charge in [-0.05, 0) is 45.3 Å². The van der Waals surface area contributed by atoms with Gasteiger partial charge >= 0.3 is 0 Å². The fourth-order valence-electron chi connectivity index (χ4n) is 4.47. The van der Waals surface area contributed by atoms with Crippen LogP contribution in [0.4, 0.5) is 0 Å². The van der Waals surface area contributed by atoms with Gasteiger partial charge in [-0.2, -0.15) is 0 Å². The molecular formula is C22H37Cl2N3O2. The highest BCUT2D eigenvalue weighted by atomic mass is 35.5. The van der Waals surface area contributed by atoms with Gasteiger partial charge < -0.3 is 15.8 Å². The Hall–Kier alpha value is -0.850. The number of nitrogens with one attached hydrogen (secondary N) is 1. The van der Waals surface area contributed by atoms with Gasteiger partial charge in [0.2, 0.25) is 5.91 Å². The van der Waals surface area contributed by atoms with Gasteiger partial charge in [0.05, 0.1) is 12.1 Å². The van der Waals surface area contributed by atoms with E-state index in [1.807, 2.05) is 20.8 Å². The van der Waals surface area contributed by atoms with Gasteiger partial charge in [0.25, 0.3) is 0 Å². The number of nitrogens with zero attached hydrogens (tertiary/aromatic N) is 1. The van der Waals surface area contributed by atoms with E-state index in [0.29, 0.717) is 19.6 Å². The van der Waals surface area contributed by atoms with Crippen molar-refractivity contribution in [3.8, 4) is 0 Å². The van der Waals surface area contributed by atoms with Crippen molar-refractivity contribution in [2.75, 3.05) is 26.2 Å². The standard InChI is InChI=1S/C22H35N3O2.2ClH/c1-5-27-19-14-22(23,21(19,3)4)20(26)24-15-18(25-12-6-7-13-25)17-10-8-16(2)9-11-17;;/h8-11,18-19H,5-7,12-15,23H2,1-4H3,(H,24,26);2*1H. The molecule has 3 atom stereocenters. The van der Waals surface area contributed by atoms with Crippen molar-refractivity contribution in [1.82, 2.24) is 10.2 Å². The number of carbonyl (C=O) groups is 1. The molecule has 3 N–H and O–H groups in total. The Balaban J connectivity index is 0.00000210. The number of halogens is 2. The molecule has 1 saturated carbocycles. The van der Waals surface area contributed by atoms with E-state index >= 15 is 0 Å². The number of rotatable bonds is 7. The van der Waals surface area contributed by atoms with Crippen LogP contribution in [0.3, 0.4) is 0 Å². The molecule has 3 unspecified atom stereocenters. The van der Waals surface area contributed by atoms with Gasteiger partial charge in [0, 0.05) is 25.0 Å². The molecule has 0 spiro atoms. The third kappa shape index (κ3) is 5.08. The number of hydrogen-bond acceptors (Lipinski definition) is 4. The van der Waals surface area contributed by atoms with Crippen LogP contribution in [0.5, 0.6) is 0 Å². The number of carbonyl (C=O) groups excluding carboxylic acids is 1. The molecular weight excluding hydrogens is 409 g/mol. The lowest BCUT2D eigenvalue weighted by Crippen LogP contribution is -2.76. The molecule has 2 aliphatic rings. The Labute approximate surface area is 187 Å². The first kappa shape index (κ1) is 26.2. The molecule has 2 fully saturated rings. The van der Waals surface area contributed by atoms with Crippen molar-refractivity contribution in [2.45, 2.75) is 64.6 Å². The monoisotopic (exact) mass is 445 g/mol. The smallest absolute Gasteiger partial charge is 0.240 e. The van der Waals surface area contributed by atoms with Gasteiger partial charge in [0.15, 0.2) is 0 Å². The van der Waals surface area contributed by atoms with Crippen LogP contribution >= 0.6 is 24.8 Å². The van der Waals surface area contributed by atoms with Crippen molar-refractivity contribution in [3.05, 3.63) is 35.4 Å². The molecule has 1 heterocycles. The summed E-state index contributed by atoms with van der Waals surface area (Å²) in [4.78, 5) is 15.5. The molecule has 166 valence electrons. The number of ether oxygens (including phenoxy) is 1. The molecule has 1 aliphatic heterocycles.